The molecule has 1 heterocycles. The van der Waals surface area contributed by atoms with Crippen molar-refractivity contribution in [3.05, 3.63) is 20.3 Å². The number of halogens is 2. The Bertz CT molecular complexity index is 470. The molecule has 1 N–H and O–H groups in total. The van der Waals surface area contributed by atoms with Crippen molar-refractivity contribution < 1.29 is 0 Å². The Morgan fingerprint density at radius 2 is 1.94 bits per heavy atom. The van der Waals surface area contributed by atoms with Gasteiger partial charge in [-0.25, -0.2) is 0 Å². The smallest absolute Gasteiger partial charge is 0.0991 e. The molecule has 0 amide bonds. The van der Waals surface area contributed by atoms with Crippen LogP contribution in [0.1, 0.15) is 37.8 Å². The van der Waals surface area contributed by atoms with Crippen LogP contribution in [0.25, 0.3) is 0 Å². The average molecular weight is 302 g/mol. The largest absolute Gasteiger partial charge is 0.307 e. The maximum Gasteiger partial charge on any atom is 0.0991 e. The molecular formula is C14H17Cl2NS. The summed E-state index contributed by atoms with van der Waals surface area (Å²) in [4.78, 5) is 0. The maximum absolute atomic E-state index is 6.23. The summed E-state index contributed by atoms with van der Waals surface area (Å²) in [5, 5.41) is 3.79. The molecule has 0 aromatic carbocycles. The molecule has 0 radical (unpaired) electrons. The van der Waals surface area contributed by atoms with Crippen LogP contribution in [0.2, 0.25) is 8.67 Å². The number of thiophene rings is 1. The van der Waals surface area contributed by atoms with E-state index in [0.29, 0.717) is 6.04 Å². The van der Waals surface area contributed by atoms with Gasteiger partial charge in [0.15, 0.2) is 0 Å². The molecular weight excluding hydrogens is 285 g/mol. The van der Waals surface area contributed by atoms with Gasteiger partial charge in [-0.05, 0) is 61.5 Å². The first-order chi connectivity index (χ1) is 8.65. The van der Waals surface area contributed by atoms with Crippen LogP contribution >= 0.6 is 34.5 Å². The van der Waals surface area contributed by atoms with Crippen molar-refractivity contribution in [2.24, 2.45) is 23.7 Å². The van der Waals surface area contributed by atoms with E-state index in [1.54, 1.807) is 0 Å². The molecule has 3 saturated carbocycles. The quantitative estimate of drug-likeness (QED) is 0.849. The molecule has 1 aromatic heterocycles. The van der Waals surface area contributed by atoms with Crippen LogP contribution in [0.5, 0.6) is 0 Å². The van der Waals surface area contributed by atoms with Crippen molar-refractivity contribution >= 4 is 34.5 Å². The van der Waals surface area contributed by atoms with E-state index in [-0.39, 0.29) is 0 Å². The van der Waals surface area contributed by atoms with Gasteiger partial charge < -0.3 is 5.32 Å². The molecule has 0 saturated heterocycles. The number of rotatable bonds is 3. The van der Waals surface area contributed by atoms with Crippen molar-refractivity contribution in [2.75, 3.05) is 0 Å². The van der Waals surface area contributed by atoms with Gasteiger partial charge in [-0.1, -0.05) is 23.2 Å². The van der Waals surface area contributed by atoms with Crippen molar-refractivity contribution in [1.82, 2.24) is 5.32 Å². The van der Waals surface area contributed by atoms with Crippen molar-refractivity contribution in [3.8, 4) is 0 Å². The SMILES string of the molecule is CC(NC1C2C3CCC(C3)C12)c1cc(Cl)sc1Cl. The molecule has 1 nitrogen and oxygen atoms in total. The van der Waals surface area contributed by atoms with E-state index >= 15 is 0 Å². The van der Waals surface area contributed by atoms with E-state index in [9.17, 15) is 0 Å². The van der Waals surface area contributed by atoms with Crippen molar-refractivity contribution in [1.29, 1.82) is 0 Å². The standard InChI is InChI=1S/C14H17Cl2NS/c1-6(9-5-10(15)18-14(9)16)17-13-11-7-2-3-8(4-7)12(11)13/h5-8,11-13,17H,2-4H2,1H3. The van der Waals surface area contributed by atoms with E-state index in [0.717, 1.165) is 38.4 Å². The van der Waals surface area contributed by atoms with Crippen LogP contribution in [0.4, 0.5) is 0 Å². The molecule has 5 unspecified atom stereocenters. The zero-order valence-corrected chi connectivity index (χ0v) is 12.7. The minimum absolute atomic E-state index is 0.330. The summed E-state index contributed by atoms with van der Waals surface area (Å²) in [5.41, 5.74) is 1.17. The second-order valence-electron chi connectivity index (χ2n) is 6.18. The highest BCUT2D eigenvalue weighted by molar-refractivity contribution is 7.20. The average Bonchev–Trinajstić information content (AvgIpc) is 2.70. The summed E-state index contributed by atoms with van der Waals surface area (Å²) < 4.78 is 1.63. The van der Waals surface area contributed by atoms with Gasteiger partial charge in [0.25, 0.3) is 0 Å². The third-order valence-corrected chi connectivity index (χ3v) is 6.85. The lowest BCUT2D eigenvalue weighted by Crippen LogP contribution is -2.26. The molecule has 5 atom stereocenters. The Morgan fingerprint density at radius 1 is 1.28 bits per heavy atom. The zero-order chi connectivity index (χ0) is 12.4. The van der Waals surface area contributed by atoms with Gasteiger partial charge in [0.1, 0.15) is 0 Å². The lowest BCUT2D eigenvalue weighted by molar-refractivity contribution is 0.433. The first kappa shape index (κ1) is 12.0. The Kier molecular flexibility index (Phi) is 2.75. The minimum Gasteiger partial charge on any atom is -0.307 e. The van der Waals surface area contributed by atoms with E-state index in [1.807, 2.05) is 6.07 Å². The number of fused-ring (bicyclic) bond motifs is 5. The monoisotopic (exact) mass is 301 g/mol. The van der Waals surface area contributed by atoms with E-state index in [2.05, 4.69) is 12.2 Å². The molecule has 1 aromatic rings. The molecule has 0 spiro atoms. The lowest BCUT2D eigenvalue weighted by Gasteiger charge is -2.16. The van der Waals surface area contributed by atoms with Crippen LogP contribution in [0, 0.1) is 23.7 Å². The number of nitrogens with one attached hydrogen (secondary N) is 1. The van der Waals surface area contributed by atoms with Gasteiger partial charge in [0.05, 0.1) is 8.67 Å². The van der Waals surface area contributed by atoms with E-state index in [1.165, 1.54) is 36.2 Å². The molecule has 2 bridgehead atoms. The topological polar surface area (TPSA) is 12.0 Å². The first-order valence-corrected chi connectivity index (χ1v) is 8.43. The highest BCUT2D eigenvalue weighted by Crippen LogP contribution is 2.66. The highest BCUT2D eigenvalue weighted by atomic mass is 35.5. The maximum atomic E-state index is 6.23. The van der Waals surface area contributed by atoms with Gasteiger partial charge >= 0.3 is 0 Å². The Balaban J connectivity index is 1.46. The predicted octanol–water partition coefficient (Wildman–Crippen LogP) is 4.75. The molecule has 3 fully saturated rings. The normalized spacial score (nSPS) is 42.1. The Labute approximate surface area is 122 Å². The predicted molar refractivity (Wildman–Crippen MR) is 77.5 cm³/mol. The molecule has 18 heavy (non-hydrogen) atoms. The molecule has 0 aliphatic heterocycles. The lowest BCUT2D eigenvalue weighted by atomic mass is 10.0. The minimum atomic E-state index is 0.330. The summed E-state index contributed by atoms with van der Waals surface area (Å²) in [6.07, 6.45) is 4.46. The van der Waals surface area contributed by atoms with Crippen molar-refractivity contribution in [3.63, 3.8) is 0 Å². The van der Waals surface area contributed by atoms with Crippen LogP contribution in [0.3, 0.4) is 0 Å². The fourth-order valence-corrected chi connectivity index (χ4v) is 6.22. The van der Waals surface area contributed by atoms with Gasteiger partial charge in [0, 0.05) is 12.1 Å². The highest BCUT2D eigenvalue weighted by Gasteiger charge is 2.64. The Hall–Kier alpha value is 0.240. The van der Waals surface area contributed by atoms with Crippen LogP contribution in [-0.4, -0.2) is 6.04 Å². The van der Waals surface area contributed by atoms with E-state index in [4.69, 9.17) is 23.2 Å². The van der Waals surface area contributed by atoms with Crippen LogP contribution < -0.4 is 5.32 Å². The summed E-state index contributed by atoms with van der Waals surface area (Å²) in [6, 6.07) is 3.09. The first-order valence-electron chi connectivity index (χ1n) is 6.86. The third kappa shape index (κ3) is 1.69. The third-order valence-electron chi connectivity index (χ3n) is 5.33. The van der Waals surface area contributed by atoms with Crippen LogP contribution in [0.15, 0.2) is 6.07 Å². The molecule has 4 rings (SSSR count). The second-order valence-corrected chi connectivity index (χ2v) is 8.47. The summed E-state index contributed by atoms with van der Waals surface area (Å²) in [5.74, 6) is 3.98. The fourth-order valence-electron chi connectivity index (χ4n) is 4.57. The number of hydrogen-bond acceptors (Lipinski definition) is 2. The van der Waals surface area contributed by atoms with E-state index < -0.39 is 0 Å². The summed E-state index contributed by atoms with van der Waals surface area (Å²) >= 11 is 13.7. The molecule has 3 aliphatic rings. The summed E-state index contributed by atoms with van der Waals surface area (Å²) in [6.45, 7) is 2.21. The molecule has 3 aliphatic carbocycles. The zero-order valence-electron chi connectivity index (χ0n) is 10.3. The fraction of sp³-hybridized carbons (Fsp3) is 0.714. The summed E-state index contributed by atoms with van der Waals surface area (Å²) in [7, 11) is 0. The van der Waals surface area contributed by atoms with Crippen LogP contribution in [-0.2, 0) is 0 Å². The van der Waals surface area contributed by atoms with Gasteiger partial charge in [-0.15, -0.1) is 11.3 Å². The molecule has 98 valence electrons. The number of hydrogen-bond donors (Lipinski definition) is 1. The van der Waals surface area contributed by atoms with Gasteiger partial charge in [-0.3, -0.25) is 0 Å². The second kappa shape index (κ2) is 4.12. The Morgan fingerprint density at radius 3 is 2.50 bits per heavy atom. The van der Waals surface area contributed by atoms with Gasteiger partial charge in [-0.2, -0.15) is 0 Å². The molecule has 4 heteroatoms. The van der Waals surface area contributed by atoms with Crippen molar-refractivity contribution in [2.45, 2.75) is 38.3 Å². The van der Waals surface area contributed by atoms with Gasteiger partial charge in [0.2, 0.25) is 0 Å².